The summed E-state index contributed by atoms with van der Waals surface area (Å²) >= 11 is 1.40. The molecule has 1 heterocycles. The summed E-state index contributed by atoms with van der Waals surface area (Å²) in [5.41, 5.74) is 6.27. The minimum atomic E-state index is 0.461. The van der Waals surface area contributed by atoms with Crippen molar-refractivity contribution >= 4 is 22.4 Å². The highest BCUT2D eigenvalue weighted by Gasteiger charge is 2.32. The molecule has 1 aliphatic carbocycles. The minimum Gasteiger partial charge on any atom is -0.487 e. The first-order valence-electron chi connectivity index (χ1n) is 6.82. The van der Waals surface area contributed by atoms with Gasteiger partial charge in [0.25, 0.3) is 0 Å². The zero-order valence-electron chi connectivity index (χ0n) is 11.3. The molecule has 0 saturated heterocycles. The summed E-state index contributed by atoms with van der Waals surface area (Å²) < 4.78 is 9.71. The van der Waals surface area contributed by atoms with Gasteiger partial charge in [-0.2, -0.15) is 4.37 Å². The zero-order chi connectivity index (χ0) is 13.0. The maximum Gasteiger partial charge on any atom is 0.197 e. The van der Waals surface area contributed by atoms with Gasteiger partial charge in [0.15, 0.2) is 16.6 Å². The van der Waals surface area contributed by atoms with E-state index in [2.05, 4.69) is 16.6 Å². The predicted molar refractivity (Wildman–Crippen MR) is 77.4 cm³/mol. The highest BCUT2D eigenvalue weighted by Crippen LogP contribution is 2.42. The maximum atomic E-state index is 5.81. The van der Waals surface area contributed by atoms with Gasteiger partial charge in [0.1, 0.15) is 0 Å². The van der Waals surface area contributed by atoms with Crippen LogP contribution in [0.15, 0.2) is 0 Å². The van der Waals surface area contributed by atoms with Gasteiger partial charge in [-0.05, 0) is 43.1 Å². The van der Waals surface area contributed by atoms with Crippen molar-refractivity contribution in [2.45, 2.75) is 46.0 Å². The Hall–Kier alpha value is -0.970. The Bertz CT molecular complexity index is 386. The third kappa shape index (κ3) is 2.71. The van der Waals surface area contributed by atoms with E-state index < -0.39 is 0 Å². The van der Waals surface area contributed by atoms with Crippen LogP contribution in [0.1, 0.15) is 46.0 Å². The summed E-state index contributed by atoms with van der Waals surface area (Å²) in [7, 11) is 0. The first-order chi connectivity index (χ1) is 8.71. The van der Waals surface area contributed by atoms with Gasteiger partial charge in [0.2, 0.25) is 0 Å². The second-order valence-corrected chi connectivity index (χ2v) is 5.85. The van der Waals surface area contributed by atoms with Crippen molar-refractivity contribution in [1.29, 1.82) is 0 Å². The normalized spacial score (nSPS) is 17.9. The van der Waals surface area contributed by atoms with Gasteiger partial charge >= 0.3 is 0 Å². The molecule has 3 N–H and O–H groups in total. The molecular formula is C13H23N3OS. The summed E-state index contributed by atoms with van der Waals surface area (Å²) in [5.74, 6) is 1.23. The number of nitrogens with one attached hydrogen (secondary N) is 1. The Kier molecular flexibility index (Phi) is 4.32. The molecule has 0 unspecified atom stereocenters. The number of hydrogen-bond donors (Lipinski definition) is 2. The largest absolute Gasteiger partial charge is 0.487 e. The molecule has 1 aliphatic rings. The molecule has 4 nitrogen and oxygen atoms in total. The molecule has 0 aromatic carbocycles. The SMILES string of the molecule is CCOc1c(N)nsc1NCC1(CC)CCCC1. The molecule has 0 amide bonds. The first kappa shape index (κ1) is 13.5. The zero-order valence-corrected chi connectivity index (χ0v) is 12.1. The summed E-state index contributed by atoms with van der Waals surface area (Å²) in [6.45, 7) is 5.88. The number of hydrogen-bond acceptors (Lipinski definition) is 5. The Morgan fingerprint density at radius 1 is 1.39 bits per heavy atom. The summed E-state index contributed by atoms with van der Waals surface area (Å²) in [6.07, 6.45) is 6.61. The van der Waals surface area contributed by atoms with Crippen LogP contribution in [0.2, 0.25) is 0 Å². The lowest BCUT2D eigenvalue weighted by molar-refractivity contribution is 0.305. The Balaban J connectivity index is 2.01. The van der Waals surface area contributed by atoms with Gasteiger partial charge in [-0.1, -0.05) is 19.8 Å². The van der Waals surface area contributed by atoms with Crippen molar-refractivity contribution in [3.63, 3.8) is 0 Å². The summed E-state index contributed by atoms with van der Waals surface area (Å²) in [6, 6.07) is 0. The summed E-state index contributed by atoms with van der Waals surface area (Å²) in [4.78, 5) is 0. The number of anilines is 2. The number of nitrogen functional groups attached to an aromatic ring is 1. The van der Waals surface area contributed by atoms with Crippen LogP contribution in [0.4, 0.5) is 10.8 Å². The van der Waals surface area contributed by atoms with Crippen LogP contribution in [0.25, 0.3) is 0 Å². The van der Waals surface area contributed by atoms with E-state index >= 15 is 0 Å². The third-order valence-corrected chi connectivity index (χ3v) is 4.80. The lowest BCUT2D eigenvalue weighted by Gasteiger charge is -2.27. The molecule has 1 aromatic rings. The second-order valence-electron chi connectivity index (χ2n) is 5.07. The molecule has 0 atom stereocenters. The lowest BCUT2D eigenvalue weighted by atomic mass is 9.83. The predicted octanol–water partition coefficient (Wildman–Crippen LogP) is 3.51. The van der Waals surface area contributed by atoms with Crippen molar-refractivity contribution in [1.82, 2.24) is 4.37 Å². The molecule has 0 bridgehead atoms. The second kappa shape index (κ2) is 5.78. The van der Waals surface area contributed by atoms with Crippen LogP contribution >= 0.6 is 11.5 Å². The first-order valence-corrected chi connectivity index (χ1v) is 7.60. The van der Waals surface area contributed by atoms with Gasteiger partial charge in [0.05, 0.1) is 6.61 Å². The number of nitrogens with zero attached hydrogens (tertiary/aromatic N) is 1. The molecule has 1 aromatic heterocycles. The van der Waals surface area contributed by atoms with E-state index in [0.29, 0.717) is 17.8 Å². The molecule has 1 saturated carbocycles. The van der Waals surface area contributed by atoms with Gasteiger partial charge in [0, 0.05) is 6.54 Å². The van der Waals surface area contributed by atoms with Crippen LogP contribution in [0.3, 0.4) is 0 Å². The fraction of sp³-hybridized carbons (Fsp3) is 0.769. The summed E-state index contributed by atoms with van der Waals surface area (Å²) in [5, 5.41) is 4.48. The minimum absolute atomic E-state index is 0.461. The maximum absolute atomic E-state index is 5.81. The van der Waals surface area contributed by atoms with Gasteiger partial charge in [-0.15, -0.1) is 0 Å². The van der Waals surface area contributed by atoms with Crippen molar-refractivity contribution in [2.24, 2.45) is 5.41 Å². The fourth-order valence-corrected chi connectivity index (χ4v) is 3.39. The molecule has 0 spiro atoms. The van der Waals surface area contributed by atoms with Crippen molar-refractivity contribution in [3.8, 4) is 5.75 Å². The van der Waals surface area contributed by atoms with Gasteiger partial charge in [-0.25, -0.2) is 0 Å². The van der Waals surface area contributed by atoms with Crippen LogP contribution < -0.4 is 15.8 Å². The van der Waals surface area contributed by atoms with Crippen molar-refractivity contribution < 1.29 is 4.74 Å². The van der Waals surface area contributed by atoms with Gasteiger partial charge in [-0.3, -0.25) is 0 Å². The molecular weight excluding hydrogens is 246 g/mol. The molecule has 18 heavy (non-hydrogen) atoms. The van der Waals surface area contributed by atoms with E-state index in [1.807, 2.05) is 6.92 Å². The van der Waals surface area contributed by atoms with Crippen molar-refractivity contribution in [2.75, 3.05) is 24.2 Å². The van der Waals surface area contributed by atoms with E-state index in [1.165, 1.54) is 43.6 Å². The van der Waals surface area contributed by atoms with Crippen LogP contribution in [0.5, 0.6) is 5.75 Å². The molecule has 102 valence electrons. The highest BCUT2D eigenvalue weighted by atomic mass is 32.1. The van der Waals surface area contributed by atoms with E-state index in [0.717, 1.165) is 17.3 Å². The van der Waals surface area contributed by atoms with Crippen LogP contribution in [-0.4, -0.2) is 17.5 Å². The molecule has 2 rings (SSSR count). The Morgan fingerprint density at radius 3 is 2.72 bits per heavy atom. The average Bonchev–Trinajstić information content (AvgIpc) is 2.97. The topological polar surface area (TPSA) is 60.2 Å². The molecule has 5 heteroatoms. The van der Waals surface area contributed by atoms with Crippen molar-refractivity contribution in [3.05, 3.63) is 0 Å². The Morgan fingerprint density at radius 2 is 2.11 bits per heavy atom. The monoisotopic (exact) mass is 269 g/mol. The average molecular weight is 269 g/mol. The highest BCUT2D eigenvalue weighted by molar-refractivity contribution is 7.11. The molecule has 0 aliphatic heterocycles. The smallest absolute Gasteiger partial charge is 0.197 e. The third-order valence-electron chi connectivity index (χ3n) is 4.00. The van der Waals surface area contributed by atoms with E-state index in [-0.39, 0.29) is 0 Å². The number of rotatable bonds is 6. The number of nitrogens with two attached hydrogens (primary N) is 1. The van der Waals surface area contributed by atoms with Crippen LogP contribution in [0, 0.1) is 5.41 Å². The standard InChI is InChI=1S/C13H23N3OS/c1-3-13(7-5-6-8-13)9-15-12-10(17-4-2)11(14)16-18-12/h15H,3-9H2,1-2H3,(H2,14,16). The Labute approximate surface area is 113 Å². The van der Waals surface area contributed by atoms with Crippen LogP contribution in [-0.2, 0) is 0 Å². The van der Waals surface area contributed by atoms with Gasteiger partial charge < -0.3 is 15.8 Å². The van der Waals surface area contributed by atoms with E-state index in [4.69, 9.17) is 10.5 Å². The number of aromatic nitrogens is 1. The quantitative estimate of drug-likeness (QED) is 0.829. The van der Waals surface area contributed by atoms with E-state index in [1.54, 1.807) is 0 Å². The lowest BCUT2D eigenvalue weighted by Crippen LogP contribution is -2.25. The number of ether oxygens (including phenoxy) is 1. The van der Waals surface area contributed by atoms with E-state index in [9.17, 15) is 0 Å². The molecule has 1 fully saturated rings. The fourth-order valence-electron chi connectivity index (χ4n) is 2.74. The molecule has 0 radical (unpaired) electrons.